The van der Waals surface area contributed by atoms with Crippen LogP contribution in [0.3, 0.4) is 0 Å². The minimum Gasteiger partial charge on any atom is -0.300 e. The smallest absolute Gasteiger partial charge is 0.300 e. The van der Waals surface area contributed by atoms with Gasteiger partial charge in [0.1, 0.15) is 10.0 Å². The molecule has 5 rings (SSSR count). The van der Waals surface area contributed by atoms with E-state index in [2.05, 4.69) is 31.0 Å². The van der Waals surface area contributed by atoms with Crippen molar-refractivity contribution in [2.45, 2.75) is 62.7 Å². The highest BCUT2D eigenvalue weighted by molar-refractivity contribution is 7.15. The minimum atomic E-state index is -4.58. The van der Waals surface area contributed by atoms with Crippen molar-refractivity contribution in [2.24, 2.45) is 0 Å². The Balaban J connectivity index is 1.17. The summed E-state index contributed by atoms with van der Waals surface area (Å²) in [6.45, 7) is 0. The Morgan fingerprint density at radius 3 is 1.50 bits per heavy atom. The Morgan fingerprint density at radius 2 is 1.09 bits per heavy atom. The molecule has 2 aromatic carbocycles. The van der Waals surface area contributed by atoms with Gasteiger partial charge in [-0.25, -0.2) is 0 Å². The number of benzene rings is 2. The molecule has 0 aliphatic heterocycles. The van der Waals surface area contributed by atoms with Gasteiger partial charge in [-0.3, -0.25) is 9.59 Å². The molecule has 2 amide bonds. The van der Waals surface area contributed by atoms with Gasteiger partial charge in [0.15, 0.2) is 0 Å². The van der Waals surface area contributed by atoms with E-state index >= 15 is 0 Å². The van der Waals surface area contributed by atoms with Crippen molar-refractivity contribution in [1.82, 2.24) is 20.4 Å². The van der Waals surface area contributed by atoms with E-state index in [0.717, 1.165) is 54.1 Å². The quantitative estimate of drug-likeness (QED) is 0.194. The van der Waals surface area contributed by atoms with E-state index in [1.165, 1.54) is 36.4 Å². The molecular weight excluding hydrogens is 630 g/mol. The normalized spacial score (nSPS) is 17.3. The number of carbonyl (C=O) groups excluding carboxylic acids is 2. The lowest BCUT2D eigenvalue weighted by molar-refractivity contribution is -0.139. The summed E-state index contributed by atoms with van der Waals surface area (Å²) in [6.07, 6.45) is -7.01. The molecular formula is C28H24F6N6O2S2. The second-order valence-corrected chi connectivity index (χ2v) is 12.2. The maximum atomic E-state index is 13.3. The van der Waals surface area contributed by atoms with Crippen LogP contribution in [0.25, 0.3) is 0 Å². The monoisotopic (exact) mass is 654 g/mol. The number of alkyl halides is 6. The van der Waals surface area contributed by atoms with Crippen LogP contribution in [0.2, 0.25) is 0 Å². The molecule has 1 aliphatic rings. The van der Waals surface area contributed by atoms with Gasteiger partial charge in [0.25, 0.3) is 0 Å². The molecule has 0 unspecified atom stereocenters. The van der Waals surface area contributed by atoms with Crippen LogP contribution < -0.4 is 10.6 Å². The molecule has 232 valence electrons. The fraction of sp³-hybridized carbons (Fsp3) is 0.357. The van der Waals surface area contributed by atoms with Crippen LogP contribution in [0.1, 0.15) is 69.8 Å². The van der Waals surface area contributed by atoms with E-state index in [1.54, 1.807) is 0 Å². The summed E-state index contributed by atoms with van der Waals surface area (Å²) in [5.74, 6) is -1.31. The van der Waals surface area contributed by atoms with Crippen molar-refractivity contribution < 1.29 is 35.9 Å². The zero-order valence-electron chi connectivity index (χ0n) is 22.7. The number of nitrogens with zero attached hydrogens (tertiary/aromatic N) is 4. The SMILES string of the molecule is O=C(Cc1ccccc1C(F)(F)F)Nc1nnc([C@H]2CCC[C@H](c3nnc(NC(=O)Cc4ccccc4C(F)(F)F)s3)C2)s1. The number of carbonyl (C=O) groups is 2. The highest BCUT2D eigenvalue weighted by Crippen LogP contribution is 2.43. The molecule has 1 aliphatic carbocycles. The molecule has 2 atom stereocenters. The van der Waals surface area contributed by atoms with Gasteiger partial charge in [0.2, 0.25) is 22.1 Å². The second kappa shape index (κ2) is 13.0. The first kappa shape index (κ1) is 31.5. The molecule has 0 radical (unpaired) electrons. The summed E-state index contributed by atoms with van der Waals surface area (Å²) < 4.78 is 79.6. The Morgan fingerprint density at radius 1 is 0.682 bits per heavy atom. The van der Waals surface area contributed by atoms with Crippen LogP contribution >= 0.6 is 22.7 Å². The lowest BCUT2D eigenvalue weighted by Gasteiger charge is -2.25. The van der Waals surface area contributed by atoms with Crippen LogP contribution in [-0.2, 0) is 34.8 Å². The highest BCUT2D eigenvalue weighted by Gasteiger charge is 2.35. The standard InChI is InChI=1S/C28H24F6N6O2S2/c29-27(30,31)19-10-3-1-6-15(19)13-21(41)35-25-39-37-23(43-25)17-8-5-9-18(12-17)24-38-40-26(44-24)36-22(42)14-16-7-2-4-11-20(16)28(32,33)34/h1-4,6-7,10-11,17-18H,5,8-9,12-14H2,(H,35,39,41)(H,36,40,42)/t17-,18-/m0/s1. The topological polar surface area (TPSA) is 110 Å². The summed E-state index contributed by atoms with van der Waals surface area (Å²) in [7, 11) is 0. The predicted octanol–water partition coefficient (Wildman–Crippen LogP) is 7.23. The van der Waals surface area contributed by atoms with Gasteiger partial charge in [0.05, 0.1) is 24.0 Å². The van der Waals surface area contributed by atoms with Crippen molar-refractivity contribution >= 4 is 44.8 Å². The molecule has 2 heterocycles. The van der Waals surface area contributed by atoms with E-state index < -0.39 is 48.1 Å². The summed E-state index contributed by atoms with van der Waals surface area (Å²) in [6, 6.07) is 9.77. The fourth-order valence-electron chi connectivity index (χ4n) is 5.11. The second-order valence-electron chi connectivity index (χ2n) is 10.2. The molecule has 1 fully saturated rings. The van der Waals surface area contributed by atoms with Crippen molar-refractivity contribution in [3.8, 4) is 0 Å². The third kappa shape index (κ3) is 7.77. The molecule has 4 aromatic rings. The average molecular weight is 655 g/mol. The maximum Gasteiger partial charge on any atom is 0.416 e. The first-order chi connectivity index (χ1) is 20.9. The lowest BCUT2D eigenvalue weighted by Crippen LogP contribution is -2.17. The summed E-state index contributed by atoms with van der Waals surface area (Å²) in [5, 5.41) is 23.2. The molecule has 2 aromatic heterocycles. The molecule has 0 saturated heterocycles. The number of hydrogen-bond acceptors (Lipinski definition) is 8. The first-order valence-corrected chi connectivity index (χ1v) is 15.1. The Kier molecular flexibility index (Phi) is 9.29. The summed E-state index contributed by atoms with van der Waals surface area (Å²) in [4.78, 5) is 25.0. The molecule has 44 heavy (non-hydrogen) atoms. The van der Waals surface area contributed by atoms with Gasteiger partial charge in [0, 0.05) is 11.8 Å². The predicted molar refractivity (Wildman–Crippen MR) is 151 cm³/mol. The number of nitrogens with one attached hydrogen (secondary N) is 2. The van der Waals surface area contributed by atoms with E-state index in [-0.39, 0.29) is 33.2 Å². The van der Waals surface area contributed by atoms with E-state index in [4.69, 9.17) is 0 Å². The van der Waals surface area contributed by atoms with Crippen LogP contribution in [0.4, 0.5) is 36.6 Å². The molecule has 2 N–H and O–H groups in total. The number of rotatable bonds is 8. The van der Waals surface area contributed by atoms with Crippen LogP contribution in [0.5, 0.6) is 0 Å². The lowest BCUT2D eigenvalue weighted by atomic mass is 9.82. The van der Waals surface area contributed by atoms with Gasteiger partial charge in [-0.05, 0) is 42.5 Å². The third-order valence-electron chi connectivity index (χ3n) is 7.09. The van der Waals surface area contributed by atoms with Crippen LogP contribution in [0.15, 0.2) is 48.5 Å². The van der Waals surface area contributed by atoms with E-state index in [9.17, 15) is 35.9 Å². The van der Waals surface area contributed by atoms with Crippen molar-refractivity contribution in [3.63, 3.8) is 0 Å². The van der Waals surface area contributed by atoms with Gasteiger partial charge in [-0.1, -0.05) is 65.5 Å². The zero-order valence-corrected chi connectivity index (χ0v) is 24.3. The van der Waals surface area contributed by atoms with Gasteiger partial charge in [-0.2, -0.15) is 26.3 Å². The van der Waals surface area contributed by atoms with Crippen LogP contribution in [0, 0.1) is 0 Å². The largest absolute Gasteiger partial charge is 0.416 e. The van der Waals surface area contributed by atoms with Gasteiger partial charge in [-0.15, -0.1) is 20.4 Å². The summed E-state index contributed by atoms with van der Waals surface area (Å²) >= 11 is 2.31. The van der Waals surface area contributed by atoms with Crippen molar-refractivity contribution in [3.05, 3.63) is 80.8 Å². The summed E-state index contributed by atoms with van der Waals surface area (Å²) in [5.41, 5.74) is -2.02. The Hall–Kier alpha value is -3.92. The molecule has 1 saturated carbocycles. The number of amides is 2. The zero-order chi connectivity index (χ0) is 31.5. The average Bonchev–Trinajstić information content (AvgIpc) is 3.62. The highest BCUT2D eigenvalue weighted by atomic mass is 32.1. The van der Waals surface area contributed by atoms with Crippen molar-refractivity contribution in [1.29, 1.82) is 0 Å². The first-order valence-electron chi connectivity index (χ1n) is 13.4. The molecule has 8 nitrogen and oxygen atoms in total. The number of anilines is 2. The Labute approximate surface area is 254 Å². The fourth-order valence-corrected chi connectivity index (χ4v) is 6.93. The Bertz CT molecular complexity index is 1520. The van der Waals surface area contributed by atoms with Crippen LogP contribution in [-0.4, -0.2) is 32.2 Å². The maximum absolute atomic E-state index is 13.3. The van der Waals surface area contributed by atoms with Gasteiger partial charge >= 0.3 is 12.4 Å². The molecule has 16 heteroatoms. The molecule has 0 bridgehead atoms. The minimum absolute atomic E-state index is 0.0105. The van der Waals surface area contributed by atoms with Crippen molar-refractivity contribution in [2.75, 3.05) is 10.6 Å². The van der Waals surface area contributed by atoms with E-state index in [0.29, 0.717) is 16.4 Å². The van der Waals surface area contributed by atoms with E-state index in [1.807, 2.05) is 0 Å². The number of hydrogen-bond donors (Lipinski definition) is 2. The number of aromatic nitrogens is 4. The number of halogens is 6. The third-order valence-corrected chi connectivity index (χ3v) is 9.10. The molecule has 0 spiro atoms. The van der Waals surface area contributed by atoms with Gasteiger partial charge < -0.3 is 10.6 Å².